The van der Waals surface area contributed by atoms with E-state index in [1.54, 1.807) is 24.3 Å². The molecule has 0 unspecified atom stereocenters. The van der Waals surface area contributed by atoms with Crippen LogP contribution in [-0.2, 0) is 9.47 Å². The standard InChI is InChI=1S/C13H13N3O3/c1-18-12(15)11(7-14)16-8-9-3-5-10(6-4-9)13(17)19-2/h3-6,8H,15H2,1-2H3/b12-11+,16-8?. The average Bonchev–Trinajstić information content (AvgIpc) is 2.47. The summed E-state index contributed by atoms with van der Waals surface area (Å²) in [6, 6.07) is 8.37. The lowest BCUT2D eigenvalue weighted by Crippen LogP contribution is -2.03. The lowest BCUT2D eigenvalue weighted by atomic mass is 10.1. The Kier molecular flexibility index (Phi) is 5.11. The molecule has 0 fully saturated rings. The summed E-state index contributed by atoms with van der Waals surface area (Å²) in [5.74, 6) is -0.463. The minimum atomic E-state index is -0.412. The van der Waals surface area contributed by atoms with Crippen molar-refractivity contribution in [2.45, 2.75) is 0 Å². The summed E-state index contributed by atoms with van der Waals surface area (Å²) in [5.41, 5.74) is 6.57. The predicted octanol–water partition coefficient (Wildman–Crippen LogP) is 1.19. The summed E-state index contributed by atoms with van der Waals surface area (Å²) < 4.78 is 9.30. The number of ether oxygens (including phenoxy) is 2. The molecule has 0 spiro atoms. The van der Waals surface area contributed by atoms with Crippen molar-refractivity contribution in [3.63, 3.8) is 0 Å². The van der Waals surface area contributed by atoms with Gasteiger partial charge in [-0.3, -0.25) is 0 Å². The Morgan fingerprint density at radius 3 is 2.42 bits per heavy atom. The summed E-state index contributed by atoms with van der Waals surface area (Å²) in [4.78, 5) is 15.1. The van der Waals surface area contributed by atoms with Crippen LogP contribution in [0.1, 0.15) is 15.9 Å². The fraction of sp³-hybridized carbons (Fsp3) is 0.154. The number of aliphatic imine (C=N–C) groups is 1. The van der Waals surface area contributed by atoms with E-state index in [-0.39, 0.29) is 11.6 Å². The van der Waals surface area contributed by atoms with Crippen LogP contribution in [0.3, 0.4) is 0 Å². The van der Waals surface area contributed by atoms with Crippen molar-refractivity contribution in [3.05, 3.63) is 47.0 Å². The molecule has 98 valence electrons. The second kappa shape index (κ2) is 6.81. The number of methoxy groups -OCH3 is 2. The molecule has 0 bridgehead atoms. The molecule has 0 aliphatic carbocycles. The second-order valence-corrected chi connectivity index (χ2v) is 3.40. The molecular formula is C13H13N3O3. The predicted molar refractivity (Wildman–Crippen MR) is 69.2 cm³/mol. The third-order valence-electron chi connectivity index (χ3n) is 2.23. The highest BCUT2D eigenvalue weighted by atomic mass is 16.5. The van der Waals surface area contributed by atoms with E-state index < -0.39 is 5.97 Å². The highest BCUT2D eigenvalue weighted by Crippen LogP contribution is 2.06. The van der Waals surface area contributed by atoms with Gasteiger partial charge in [0.15, 0.2) is 5.70 Å². The number of hydrogen-bond donors (Lipinski definition) is 1. The molecule has 0 radical (unpaired) electrons. The van der Waals surface area contributed by atoms with Crippen LogP contribution in [0.15, 0.2) is 40.8 Å². The van der Waals surface area contributed by atoms with Crippen molar-refractivity contribution in [3.8, 4) is 6.07 Å². The zero-order valence-electron chi connectivity index (χ0n) is 10.6. The fourth-order valence-electron chi connectivity index (χ4n) is 1.21. The minimum absolute atomic E-state index is 0.0143. The average molecular weight is 259 g/mol. The Balaban J connectivity index is 2.90. The molecule has 2 N–H and O–H groups in total. The van der Waals surface area contributed by atoms with Gasteiger partial charge in [0.1, 0.15) is 6.07 Å². The molecule has 0 aliphatic rings. The van der Waals surface area contributed by atoms with Gasteiger partial charge >= 0.3 is 5.97 Å². The van der Waals surface area contributed by atoms with E-state index >= 15 is 0 Å². The van der Waals surface area contributed by atoms with Gasteiger partial charge in [-0.15, -0.1) is 0 Å². The van der Waals surface area contributed by atoms with Crippen molar-refractivity contribution in [1.82, 2.24) is 0 Å². The summed E-state index contributed by atoms with van der Waals surface area (Å²) in [6.45, 7) is 0. The van der Waals surface area contributed by atoms with Gasteiger partial charge < -0.3 is 15.2 Å². The monoisotopic (exact) mass is 259 g/mol. The molecule has 1 aromatic rings. The van der Waals surface area contributed by atoms with Crippen LogP contribution >= 0.6 is 0 Å². The summed E-state index contributed by atoms with van der Waals surface area (Å²) in [5, 5.41) is 8.81. The lowest BCUT2D eigenvalue weighted by molar-refractivity contribution is 0.0600. The second-order valence-electron chi connectivity index (χ2n) is 3.40. The van der Waals surface area contributed by atoms with Gasteiger partial charge in [0, 0.05) is 6.21 Å². The number of carbonyl (C=O) groups is 1. The Hall–Kier alpha value is -2.81. The van der Waals surface area contributed by atoms with Crippen LogP contribution in [0.5, 0.6) is 0 Å². The first-order valence-electron chi connectivity index (χ1n) is 5.28. The Bertz CT molecular complexity index is 553. The first-order valence-corrected chi connectivity index (χ1v) is 5.28. The number of carbonyl (C=O) groups excluding carboxylic acids is 1. The quantitative estimate of drug-likeness (QED) is 0.379. The molecule has 0 saturated carbocycles. The Labute approximate surface area is 110 Å². The summed E-state index contributed by atoms with van der Waals surface area (Å²) in [6.07, 6.45) is 1.45. The highest BCUT2D eigenvalue weighted by Gasteiger charge is 2.04. The van der Waals surface area contributed by atoms with Crippen LogP contribution in [0, 0.1) is 11.3 Å². The summed E-state index contributed by atoms with van der Waals surface area (Å²) >= 11 is 0. The molecule has 0 saturated heterocycles. The fourth-order valence-corrected chi connectivity index (χ4v) is 1.21. The lowest BCUT2D eigenvalue weighted by Gasteiger charge is -2.00. The number of nitrogens with two attached hydrogens (primary N) is 1. The number of nitrogens with zero attached hydrogens (tertiary/aromatic N) is 2. The van der Waals surface area contributed by atoms with Crippen molar-refractivity contribution in [2.24, 2.45) is 10.7 Å². The zero-order valence-corrected chi connectivity index (χ0v) is 10.6. The van der Waals surface area contributed by atoms with Gasteiger partial charge in [-0.05, 0) is 17.7 Å². The van der Waals surface area contributed by atoms with Gasteiger partial charge in [-0.25, -0.2) is 9.79 Å². The molecule has 1 aromatic carbocycles. The van der Waals surface area contributed by atoms with Gasteiger partial charge in [-0.2, -0.15) is 5.26 Å². The molecule has 6 nitrogen and oxygen atoms in total. The van der Waals surface area contributed by atoms with E-state index in [4.69, 9.17) is 15.7 Å². The van der Waals surface area contributed by atoms with Crippen molar-refractivity contribution in [2.75, 3.05) is 14.2 Å². The first-order chi connectivity index (χ1) is 9.12. The largest absolute Gasteiger partial charge is 0.481 e. The molecular weight excluding hydrogens is 246 g/mol. The summed E-state index contributed by atoms with van der Waals surface area (Å²) in [7, 11) is 2.67. The Morgan fingerprint density at radius 2 is 1.95 bits per heavy atom. The van der Waals surface area contributed by atoms with E-state index in [0.29, 0.717) is 11.1 Å². The normalized spacial score (nSPS) is 11.6. The molecule has 0 heterocycles. The van der Waals surface area contributed by atoms with Crippen LogP contribution in [0.2, 0.25) is 0 Å². The van der Waals surface area contributed by atoms with Crippen LogP contribution in [0.4, 0.5) is 0 Å². The van der Waals surface area contributed by atoms with Crippen LogP contribution in [-0.4, -0.2) is 26.4 Å². The number of nitriles is 1. The molecule has 19 heavy (non-hydrogen) atoms. The van der Waals surface area contributed by atoms with E-state index in [0.717, 1.165) is 0 Å². The van der Waals surface area contributed by atoms with Crippen molar-refractivity contribution >= 4 is 12.2 Å². The van der Waals surface area contributed by atoms with Crippen LogP contribution < -0.4 is 5.73 Å². The van der Waals surface area contributed by atoms with E-state index in [1.807, 2.05) is 6.07 Å². The van der Waals surface area contributed by atoms with Crippen LogP contribution in [0.25, 0.3) is 0 Å². The molecule has 1 rings (SSSR count). The Morgan fingerprint density at radius 1 is 1.32 bits per heavy atom. The third-order valence-corrected chi connectivity index (χ3v) is 2.23. The first kappa shape index (κ1) is 14.3. The maximum Gasteiger partial charge on any atom is 0.337 e. The molecule has 0 aliphatic heterocycles. The molecule has 0 aromatic heterocycles. The highest BCUT2D eigenvalue weighted by molar-refractivity contribution is 5.90. The van der Waals surface area contributed by atoms with E-state index in [2.05, 4.69) is 9.73 Å². The number of benzene rings is 1. The number of rotatable bonds is 4. The van der Waals surface area contributed by atoms with Gasteiger partial charge in [0.2, 0.25) is 5.88 Å². The molecule has 6 heteroatoms. The number of hydrogen-bond acceptors (Lipinski definition) is 6. The molecule has 0 atom stereocenters. The third kappa shape index (κ3) is 3.85. The van der Waals surface area contributed by atoms with E-state index in [1.165, 1.54) is 20.4 Å². The zero-order chi connectivity index (χ0) is 14.3. The minimum Gasteiger partial charge on any atom is -0.481 e. The molecule has 0 amide bonds. The van der Waals surface area contributed by atoms with Gasteiger partial charge in [-0.1, -0.05) is 12.1 Å². The van der Waals surface area contributed by atoms with Gasteiger partial charge in [0.05, 0.1) is 19.8 Å². The number of allylic oxidation sites excluding steroid dienone is 1. The van der Waals surface area contributed by atoms with Crippen molar-refractivity contribution < 1.29 is 14.3 Å². The van der Waals surface area contributed by atoms with Crippen molar-refractivity contribution in [1.29, 1.82) is 5.26 Å². The smallest absolute Gasteiger partial charge is 0.337 e. The SMILES string of the molecule is COC(=O)c1ccc(C=N/C(C#N)=C(\N)OC)cc1. The van der Waals surface area contributed by atoms with E-state index in [9.17, 15) is 4.79 Å². The van der Waals surface area contributed by atoms with Gasteiger partial charge in [0.25, 0.3) is 0 Å². The maximum atomic E-state index is 11.2. The number of esters is 1. The maximum absolute atomic E-state index is 11.2. The topological polar surface area (TPSA) is 97.7 Å².